The van der Waals surface area contributed by atoms with Crippen LogP contribution in [0.5, 0.6) is 11.5 Å². The number of carbonyl (C=O) groups excluding carboxylic acids is 1. The fraction of sp³-hybridized carbons (Fsp3) is 0.310. The molecule has 8 nitrogen and oxygen atoms in total. The Morgan fingerprint density at radius 1 is 1.08 bits per heavy atom. The lowest BCUT2D eigenvalue weighted by atomic mass is 9.98. The lowest BCUT2D eigenvalue weighted by Crippen LogP contribution is -2.48. The molecule has 0 saturated carbocycles. The maximum atomic E-state index is 13.6. The number of nitrogens with zero attached hydrogens (tertiary/aromatic N) is 2. The van der Waals surface area contributed by atoms with Gasteiger partial charge < -0.3 is 20.1 Å². The Hall–Kier alpha value is -4.04. The minimum Gasteiger partial charge on any atom is -0.493 e. The van der Waals surface area contributed by atoms with Gasteiger partial charge in [0.2, 0.25) is 5.91 Å². The molecule has 1 amide bonds. The van der Waals surface area contributed by atoms with Crippen LogP contribution in [0.1, 0.15) is 30.0 Å². The Morgan fingerprint density at radius 2 is 1.92 bits per heavy atom. The number of anilines is 1. The van der Waals surface area contributed by atoms with E-state index in [0.29, 0.717) is 18.0 Å². The van der Waals surface area contributed by atoms with Gasteiger partial charge in [0.15, 0.2) is 11.5 Å². The summed E-state index contributed by atoms with van der Waals surface area (Å²) in [7, 11) is 3.22. The third kappa shape index (κ3) is 5.70. The number of fused-ring (bicyclic) bond motifs is 1. The maximum Gasteiger partial charge on any atom is 0.242 e. The highest BCUT2D eigenvalue weighted by Gasteiger charge is 2.31. The van der Waals surface area contributed by atoms with Gasteiger partial charge in [-0.25, -0.2) is 0 Å². The average Bonchev–Trinajstić information content (AvgIpc) is 3.41. The highest BCUT2D eigenvalue weighted by Crippen LogP contribution is 2.29. The number of H-pyrrole nitrogens is 1. The molecule has 0 bridgehead atoms. The standard InChI is InChI=1S/C29H33N5O3/c1-36-26-13-10-20(15-27(26)37-2)17-30-29(35)28(21-7-4-3-5-8-21)34-14-6-9-24(19-34)32-23-11-12-25-22(16-23)18-31-33-25/h3-5,7-8,10-13,15-16,18,24,28,32H,6,9,14,17,19H2,1-2H3,(H,30,35)(H,31,33). The summed E-state index contributed by atoms with van der Waals surface area (Å²) < 4.78 is 10.7. The van der Waals surface area contributed by atoms with Gasteiger partial charge in [-0.1, -0.05) is 36.4 Å². The van der Waals surface area contributed by atoms with Crippen molar-refractivity contribution < 1.29 is 14.3 Å². The van der Waals surface area contributed by atoms with Gasteiger partial charge in [0.05, 0.1) is 25.9 Å². The molecular weight excluding hydrogens is 466 g/mol. The first-order valence-corrected chi connectivity index (χ1v) is 12.6. The Morgan fingerprint density at radius 3 is 2.73 bits per heavy atom. The Kier molecular flexibility index (Phi) is 7.56. The molecule has 1 fully saturated rings. The Bertz CT molecular complexity index is 1340. The zero-order valence-corrected chi connectivity index (χ0v) is 21.2. The lowest BCUT2D eigenvalue weighted by molar-refractivity contribution is -0.127. The number of amides is 1. The third-order valence-electron chi connectivity index (χ3n) is 6.91. The van der Waals surface area contributed by atoms with E-state index in [4.69, 9.17) is 9.47 Å². The SMILES string of the molecule is COc1ccc(CNC(=O)C(c2ccccc2)N2CCCC(Nc3ccc4[nH]ncc4c3)C2)cc1OC. The molecule has 2 atom stereocenters. The largest absolute Gasteiger partial charge is 0.493 e. The highest BCUT2D eigenvalue weighted by molar-refractivity contribution is 5.83. The highest BCUT2D eigenvalue weighted by atomic mass is 16.5. The van der Waals surface area contributed by atoms with E-state index in [0.717, 1.165) is 53.6 Å². The monoisotopic (exact) mass is 499 g/mol. The van der Waals surface area contributed by atoms with E-state index in [1.165, 1.54) is 0 Å². The van der Waals surface area contributed by atoms with E-state index < -0.39 is 0 Å². The molecule has 8 heteroatoms. The summed E-state index contributed by atoms with van der Waals surface area (Å²) >= 11 is 0. The van der Waals surface area contributed by atoms with Crippen molar-refractivity contribution in [1.82, 2.24) is 20.4 Å². The Balaban J connectivity index is 1.30. The summed E-state index contributed by atoms with van der Waals surface area (Å²) in [5.41, 5.74) is 4.03. The zero-order chi connectivity index (χ0) is 25.6. The summed E-state index contributed by atoms with van der Waals surface area (Å²) in [6, 6.07) is 21.8. The molecular formula is C29H33N5O3. The number of carbonyl (C=O) groups is 1. The van der Waals surface area contributed by atoms with Gasteiger partial charge in [-0.3, -0.25) is 14.8 Å². The number of hydrogen-bond acceptors (Lipinski definition) is 6. The summed E-state index contributed by atoms with van der Waals surface area (Å²) in [6.07, 6.45) is 3.90. The van der Waals surface area contributed by atoms with E-state index in [1.807, 2.05) is 60.8 Å². The number of methoxy groups -OCH3 is 2. The number of rotatable bonds is 9. The number of aromatic amines is 1. The lowest BCUT2D eigenvalue weighted by Gasteiger charge is -2.38. The van der Waals surface area contributed by atoms with Crippen molar-refractivity contribution >= 4 is 22.5 Å². The van der Waals surface area contributed by atoms with Gasteiger partial charge in [-0.05, 0) is 60.8 Å². The molecule has 0 spiro atoms. The molecule has 0 radical (unpaired) electrons. The fourth-order valence-electron chi connectivity index (χ4n) is 5.07. The number of hydrogen-bond donors (Lipinski definition) is 3. The van der Waals surface area contributed by atoms with Crippen LogP contribution in [0.15, 0.2) is 72.9 Å². The molecule has 1 aromatic heterocycles. The molecule has 192 valence electrons. The molecule has 1 aliphatic rings. The fourth-order valence-corrected chi connectivity index (χ4v) is 5.07. The van der Waals surface area contributed by atoms with Crippen LogP contribution < -0.4 is 20.1 Å². The van der Waals surface area contributed by atoms with Gasteiger partial charge in [-0.2, -0.15) is 5.10 Å². The van der Waals surface area contributed by atoms with Crippen LogP contribution >= 0.6 is 0 Å². The van der Waals surface area contributed by atoms with Gasteiger partial charge in [0.1, 0.15) is 6.04 Å². The van der Waals surface area contributed by atoms with Crippen LogP contribution in [0, 0.1) is 0 Å². The van der Waals surface area contributed by atoms with Crippen LogP contribution in [0.25, 0.3) is 10.9 Å². The van der Waals surface area contributed by atoms with Crippen molar-refractivity contribution in [1.29, 1.82) is 0 Å². The number of nitrogens with one attached hydrogen (secondary N) is 3. The predicted molar refractivity (Wildman–Crippen MR) is 145 cm³/mol. The normalized spacial score (nSPS) is 16.8. The molecule has 4 aromatic rings. The quantitative estimate of drug-likeness (QED) is 0.314. The number of piperidine rings is 1. The topological polar surface area (TPSA) is 91.5 Å². The number of benzene rings is 3. The molecule has 1 aliphatic heterocycles. The second-order valence-corrected chi connectivity index (χ2v) is 9.37. The summed E-state index contributed by atoms with van der Waals surface area (Å²) in [6.45, 7) is 2.04. The van der Waals surface area contributed by atoms with Gasteiger partial charge in [-0.15, -0.1) is 0 Å². The van der Waals surface area contributed by atoms with Crippen molar-refractivity contribution in [3.63, 3.8) is 0 Å². The predicted octanol–water partition coefficient (Wildman–Crippen LogP) is 4.51. The van der Waals surface area contributed by atoms with Gasteiger partial charge in [0.25, 0.3) is 0 Å². The van der Waals surface area contributed by atoms with Crippen molar-refractivity contribution in [2.45, 2.75) is 31.5 Å². The molecule has 2 heterocycles. The third-order valence-corrected chi connectivity index (χ3v) is 6.91. The molecule has 3 N–H and O–H groups in total. The number of ether oxygens (including phenoxy) is 2. The van der Waals surface area contributed by atoms with E-state index >= 15 is 0 Å². The zero-order valence-electron chi connectivity index (χ0n) is 21.2. The second kappa shape index (κ2) is 11.3. The molecule has 3 aromatic carbocycles. The number of aromatic nitrogens is 2. The van der Waals surface area contributed by atoms with Gasteiger partial charge >= 0.3 is 0 Å². The number of likely N-dealkylation sites (tertiary alicyclic amines) is 1. The first-order chi connectivity index (χ1) is 18.1. The van der Waals surface area contributed by atoms with E-state index in [1.54, 1.807) is 14.2 Å². The van der Waals surface area contributed by atoms with E-state index in [2.05, 4.69) is 37.9 Å². The molecule has 0 aliphatic carbocycles. The van der Waals surface area contributed by atoms with Crippen LogP contribution in [0.4, 0.5) is 5.69 Å². The van der Waals surface area contributed by atoms with E-state index in [9.17, 15) is 4.79 Å². The van der Waals surface area contributed by atoms with Crippen molar-refractivity contribution in [3.8, 4) is 11.5 Å². The van der Waals surface area contributed by atoms with Crippen LogP contribution in [-0.4, -0.2) is 54.4 Å². The minimum absolute atomic E-state index is 0.0125. The van der Waals surface area contributed by atoms with Crippen molar-refractivity contribution in [2.75, 3.05) is 32.6 Å². The molecule has 37 heavy (non-hydrogen) atoms. The minimum atomic E-state index is -0.373. The molecule has 5 rings (SSSR count). The second-order valence-electron chi connectivity index (χ2n) is 9.37. The van der Waals surface area contributed by atoms with Crippen LogP contribution in [0.3, 0.4) is 0 Å². The Labute approximate surface area is 217 Å². The van der Waals surface area contributed by atoms with Crippen molar-refractivity contribution in [2.24, 2.45) is 0 Å². The summed E-state index contributed by atoms with van der Waals surface area (Å²) in [5.74, 6) is 1.30. The average molecular weight is 500 g/mol. The molecule has 2 unspecified atom stereocenters. The first kappa shape index (κ1) is 24.6. The molecule has 1 saturated heterocycles. The van der Waals surface area contributed by atoms with E-state index in [-0.39, 0.29) is 18.0 Å². The summed E-state index contributed by atoms with van der Waals surface area (Å²) in [5, 5.41) is 15.0. The van der Waals surface area contributed by atoms with Crippen LogP contribution in [-0.2, 0) is 11.3 Å². The maximum absolute atomic E-state index is 13.6. The first-order valence-electron chi connectivity index (χ1n) is 12.6. The van der Waals surface area contributed by atoms with Crippen LogP contribution in [0.2, 0.25) is 0 Å². The van der Waals surface area contributed by atoms with Gasteiger partial charge in [0, 0.05) is 30.2 Å². The smallest absolute Gasteiger partial charge is 0.242 e. The summed E-state index contributed by atoms with van der Waals surface area (Å²) in [4.78, 5) is 15.9. The van der Waals surface area contributed by atoms with Crippen molar-refractivity contribution in [3.05, 3.63) is 84.1 Å².